The second-order valence-corrected chi connectivity index (χ2v) is 8.13. The van der Waals surface area contributed by atoms with Gasteiger partial charge in [0.15, 0.2) is 5.82 Å². The number of phenols is 1. The fourth-order valence-electron chi connectivity index (χ4n) is 4.86. The van der Waals surface area contributed by atoms with Crippen molar-refractivity contribution in [2.45, 2.75) is 38.1 Å². The minimum Gasteiger partial charge on any atom is -0.507 e. The van der Waals surface area contributed by atoms with Crippen molar-refractivity contribution < 1.29 is 5.11 Å². The first-order valence-electron chi connectivity index (χ1n) is 9.92. The van der Waals surface area contributed by atoms with Gasteiger partial charge in [0.25, 0.3) is 0 Å². The van der Waals surface area contributed by atoms with Crippen LogP contribution in [0.25, 0.3) is 16.9 Å². The maximum atomic E-state index is 10.5. The van der Waals surface area contributed by atoms with Crippen LogP contribution in [0.15, 0.2) is 43.0 Å². The Morgan fingerprint density at radius 3 is 2.36 bits per heavy atom. The van der Waals surface area contributed by atoms with Gasteiger partial charge in [-0.1, -0.05) is 12.8 Å². The molecule has 1 N–H and O–H groups in total. The highest BCUT2D eigenvalue weighted by molar-refractivity contribution is 5.69. The molecule has 0 radical (unpaired) electrons. The van der Waals surface area contributed by atoms with Crippen LogP contribution < -0.4 is 4.90 Å². The van der Waals surface area contributed by atoms with Crippen LogP contribution in [0.3, 0.4) is 0 Å². The van der Waals surface area contributed by atoms with Crippen molar-refractivity contribution in [3.63, 3.8) is 0 Å². The summed E-state index contributed by atoms with van der Waals surface area (Å²) in [5.74, 6) is 2.83. The Hall–Kier alpha value is -2.96. The molecule has 28 heavy (non-hydrogen) atoms. The molecule has 2 aliphatic rings. The lowest BCUT2D eigenvalue weighted by atomic mass is 9.85. The van der Waals surface area contributed by atoms with E-state index in [4.69, 9.17) is 0 Å². The van der Waals surface area contributed by atoms with E-state index in [1.165, 1.54) is 32.1 Å². The standard InChI is InChI=1S/C21H24N6O/c1-26(17-9-14-2-3-15(8-14)10-17)21-7-6-19(24-25-21)18-5-4-16(11-20(18)28)27-12-22-23-13-27/h4-7,11-15,17,28H,2-3,8-10H2,1H3/t14-,15+,17?. The summed E-state index contributed by atoms with van der Waals surface area (Å²) >= 11 is 0. The molecule has 2 saturated carbocycles. The Bertz CT molecular complexity index is 944. The predicted molar refractivity (Wildman–Crippen MR) is 106 cm³/mol. The third-order valence-electron chi connectivity index (χ3n) is 6.39. The van der Waals surface area contributed by atoms with Crippen molar-refractivity contribution >= 4 is 5.82 Å². The van der Waals surface area contributed by atoms with Crippen molar-refractivity contribution in [2.75, 3.05) is 11.9 Å². The molecule has 2 fully saturated rings. The zero-order chi connectivity index (χ0) is 19.1. The van der Waals surface area contributed by atoms with E-state index in [1.807, 2.05) is 24.3 Å². The highest BCUT2D eigenvalue weighted by atomic mass is 16.3. The molecule has 2 aliphatic carbocycles. The summed E-state index contributed by atoms with van der Waals surface area (Å²) < 4.78 is 1.74. The number of aromatic nitrogens is 5. The lowest BCUT2D eigenvalue weighted by Crippen LogP contribution is -2.37. The molecular formula is C21H24N6O. The fourth-order valence-corrected chi connectivity index (χ4v) is 4.86. The van der Waals surface area contributed by atoms with Gasteiger partial charge in [-0.15, -0.1) is 20.4 Å². The second-order valence-electron chi connectivity index (χ2n) is 8.13. The summed E-state index contributed by atoms with van der Waals surface area (Å²) in [4.78, 5) is 2.29. The van der Waals surface area contributed by atoms with E-state index < -0.39 is 0 Å². The third kappa shape index (κ3) is 3.10. The molecule has 1 aromatic carbocycles. The molecule has 0 spiro atoms. The monoisotopic (exact) mass is 376 g/mol. The molecule has 2 aromatic heterocycles. The summed E-state index contributed by atoms with van der Waals surface area (Å²) in [5, 5.41) is 26.9. The smallest absolute Gasteiger partial charge is 0.151 e. The molecule has 1 unspecified atom stereocenters. The van der Waals surface area contributed by atoms with Crippen LogP contribution in [-0.4, -0.2) is 43.2 Å². The van der Waals surface area contributed by atoms with Gasteiger partial charge in [-0.05, 0) is 55.4 Å². The third-order valence-corrected chi connectivity index (χ3v) is 6.39. The molecular weight excluding hydrogens is 352 g/mol. The van der Waals surface area contributed by atoms with E-state index in [-0.39, 0.29) is 5.75 Å². The molecule has 0 amide bonds. The highest BCUT2D eigenvalue weighted by Crippen LogP contribution is 2.43. The first-order valence-corrected chi connectivity index (χ1v) is 9.92. The number of nitrogens with zero attached hydrogens (tertiary/aromatic N) is 6. The van der Waals surface area contributed by atoms with Gasteiger partial charge in [-0.3, -0.25) is 4.57 Å². The summed E-state index contributed by atoms with van der Waals surface area (Å²) in [5.41, 5.74) is 2.12. The first kappa shape index (κ1) is 17.2. The maximum absolute atomic E-state index is 10.5. The SMILES string of the molecule is CN(c1ccc(-c2ccc(-n3cnnc3)cc2O)nn1)C1C[C@H]2CC[C@@H](C1)C2. The zero-order valence-electron chi connectivity index (χ0n) is 15.9. The number of hydrogen-bond donors (Lipinski definition) is 1. The number of aromatic hydroxyl groups is 1. The van der Waals surface area contributed by atoms with Gasteiger partial charge < -0.3 is 10.0 Å². The lowest BCUT2D eigenvalue weighted by Gasteiger charge is -2.35. The molecule has 2 heterocycles. The number of anilines is 1. The molecule has 7 nitrogen and oxygen atoms in total. The van der Waals surface area contributed by atoms with Gasteiger partial charge in [0.2, 0.25) is 0 Å². The van der Waals surface area contributed by atoms with Crippen LogP contribution in [0.1, 0.15) is 32.1 Å². The predicted octanol–water partition coefficient (Wildman–Crippen LogP) is 3.44. The van der Waals surface area contributed by atoms with Gasteiger partial charge >= 0.3 is 0 Å². The van der Waals surface area contributed by atoms with Crippen LogP contribution >= 0.6 is 0 Å². The lowest BCUT2D eigenvalue weighted by molar-refractivity contribution is 0.312. The van der Waals surface area contributed by atoms with E-state index in [9.17, 15) is 5.11 Å². The van der Waals surface area contributed by atoms with Gasteiger partial charge in [-0.25, -0.2) is 0 Å². The van der Waals surface area contributed by atoms with Crippen LogP contribution in [0.5, 0.6) is 5.75 Å². The van der Waals surface area contributed by atoms with Crippen molar-refractivity contribution in [2.24, 2.45) is 11.8 Å². The van der Waals surface area contributed by atoms with Crippen LogP contribution in [-0.2, 0) is 0 Å². The molecule has 3 aromatic rings. The Balaban J connectivity index is 1.35. The first-order chi connectivity index (χ1) is 13.7. The molecule has 5 rings (SSSR count). The Kier molecular flexibility index (Phi) is 4.22. The van der Waals surface area contributed by atoms with Gasteiger partial charge in [-0.2, -0.15) is 0 Å². The van der Waals surface area contributed by atoms with Crippen molar-refractivity contribution in [3.8, 4) is 22.7 Å². The van der Waals surface area contributed by atoms with E-state index in [1.54, 1.807) is 23.3 Å². The molecule has 7 heteroatoms. The quantitative estimate of drug-likeness (QED) is 0.751. The average Bonchev–Trinajstić information content (AvgIpc) is 3.37. The molecule has 144 valence electrons. The van der Waals surface area contributed by atoms with E-state index in [0.717, 1.165) is 23.3 Å². The summed E-state index contributed by atoms with van der Waals surface area (Å²) in [7, 11) is 2.13. The molecule has 3 atom stereocenters. The van der Waals surface area contributed by atoms with Gasteiger partial charge in [0, 0.05) is 24.7 Å². The van der Waals surface area contributed by atoms with Crippen molar-refractivity contribution in [1.82, 2.24) is 25.0 Å². The maximum Gasteiger partial charge on any atom is 0.151 e. The Morgan fingerprint density at radius 2 is 1.71 bits per heavy atom. The average molecular weight is 376 g/mol. The van der Waals surface area contributed by atoms with E-state index in [2.05, 4.69) is 32.3 Å². The summed E-state index contributed by atoms with van der Waals surface area (Å²) in [6, 6.07) is 9.92. The zero-order valence-corrected chi connectivity index (χ0v) is 15.9. The summed E-state index contributed by atoms with van der Waals surface area (Å²) in [6.45, 7) is 0. The van der Waals surface area contributed by atoms with Crippen LogP contribution in [0.4, 0.5) is 5.82 Å². The minimum atomic E-state index is 0.158. The fraction of sp³-hybridized carbons (Fsp3) is 0.429. The van der Waals surface area contributed by atoms with Gasteiger partial charge in [0.05, 0.1) is 11.4 Å². The largest absolute Gasteiger partial charge is 0.507 e. The Labute approximate surface area is 164 Å². The van der Waals surface area contributed by atoms with Crippen LogP contribution in [0.2, 0.25) is 0 Å². The van der Waals surface area contributed by atoms with Crippen LogP contribution in [0, 0.1) is 11.8 Å². The molecule has 0 saturated heterocycles. The van der Waals surface area contributed by atoms with Crippen molar-refractivity contribution in [1.29, 1.82) is 0 Å². The molecule has 2 bridgehead atoms. The van der Waals surface area contributed by atoms with Crippen molar-refractivity contribution in [3.05, 3.63) is 43.0 Å². The highest BCUT2D eigenvalue weighted by Gasteiger charge is 2.36. The number of phenolic OH excluding ortho intramolecular Hbond substituents is 1. The topological polar surface area (TPSA) is 80.0 Å². The number of benzene rings is 1. The Morgan fingerprint density at radius 1 is 0.964 bits per heavy atom. The second kappa shape index (κ2) is 6.89. The number of fused-ring (bicyclic) bond motifs is 2. The normalized spacial score (nSPS) is 23.7. The minimum absolute atomic E-state index is 0.158. The number of hydrogen-bond acceptors (Lipinski definition) is 6. The number of rotatable bonds is 4. The van der Waals surface area contributed by atoms with Gasteiger partial charge in [0.1, 0.15) is 18.4 Å². The summed E-state index contributed by atoms with van der Waals surface area (Å²) in [6.07, 6.45) is 9.92. The van der Waals surface area contributed by atoms with E-state index >= 15 is 0 Å². The van der Waals surface area contributed by atoms with E-state index in [0.29, 0.717) is 17.3 Å². The molecule has 0 aliphatic heterocycles.